The minimum absolute atomic E-state index is 0.283. The van der Waals surface area contributed by atoms with E-state index >= 15 is 0 Å². The van der Waals surface area contributed by atoms with Crippen LogP contribution in [-0.4, -0.2) is 9.55 Å². The van der Waals surface area contributed by atoms with Gasteiger partial charge in [-0.05, 0) is 34.1 Å². The van der Waals surface area contributed by atoms with E-state index in [1.165, 1.54) is 12.1 Å². The molecular formula is C13H15BrFN3. The highest BCUT2D eigenvalue weighted by Gasteiger charge is 2.17. The van der Waals surface area contributed by atoms with Crippen molar-refractivity contribution in [2.75, 3.05) is 5.73 Å². The molecule has 0 saturated heterocycles. The van der Waals surface area contributed by atoms with Crippen molar-refractivity contribution >= 4 is 21.7 Å². The molecule has 0 atom stereocenters. The van der Waals surface area contributed by atoms with E-state index in [1.807, 2.05) is 11.6 Å². The lowest BCUT2D eigenvalue weighted by atomic mass is 10.1. The number of anilines is 1. The topological polar surface area (TPSA) is 43.8 Å². The van der Waals surface area contributed by atoms with Crippen LogP contribution in [-0.2, 0) is 7.05 Å². The zero-order valence-corrected chi connectivity index (χ0v) is 12.1. The van der Waals surface area contributed by atoms with E-state index in [0.717, 1.165) is 11.4 Å². The van der Waals surface area contributed by atoms with Crippen molar-refractivity contribution in [1.29, 1.82) is 0 Å². The van der Waals surface area contributed by atoms with Crippen LogP contribution in [0.25, 0.3) is 11.3 Å². The van der Waals surface area contributed by atoms with Crippen LogP contribution < -0.4 is 5.73 Å². The highest BCUT2D eigenvalue weighted by atomic mass is 79.9. The smallest absolute Gasteiger partial charge is 0.131 e. The fourth-order valence-corrected chi connectivity index (χ4v) is 2.46. The Bertz CT molecular complexity index is 590. The van der Waals surface area contributed by atoms with Gasteiger partial charge in [0.1, 0.15) is 23.2 Å². The molecule has 1 aromatic carbocycles. The highest BCUT2D eigenvalue weighted by molar-refractivity contribution is 9.10. The van der Waals surface area contributed by atoms with Gasteiger partial charge in [0.25, 0.3) is 0 Å². The molecule has 0 bridgehead atoms. The predicted molar refractivity (Wildman–Crippen MR) is 74.8 cm³/mol. The molecule has 0 unspecified atom stereocenters. The first-order chi connectivity index (χ1) is 8.41. The van der Waals surface area contributed by atoms with Crippen molar-refractivity contribution in [1.82, 2.24) is 9.55 Å². The number of nitrogen functional groups attached to an aromatic ring is 1. The number of halogens is 2. The fraction of sp³-hybridized carbons (Fsp3) is 0.308. The summed E-state index contributed by atoms with van der Waals surface area (Å²) in [6.45, 7) is 4.12. The summed E-state index contributed by atoms with van der Waals surface area (Å²) in [4.78, 5) is 4.56. The first-order valence-electron chi connectivity index (χ1n) is 5.69. The second kappa shape index (κ2) is 4.72. The molecule has 18 heavy (non-hydrogen) atoms. The average molecular weight is 312 g/mol. The van der Waals surface area contributed by atoms with Crippen molar-refractivity contribution in [2.45, 2.75) is 19.8 Å². The normalized spacial score (nSPS) is 11.2. The maximum absolute atomic E-state index is 13.1. The van der Waals surface area contributed by atoms with Crippen LogP contribution in [0, 0.1) is 5.82 Å². The number of nitrogens with two attached hydrogens (primary N) is 1. The lowest BCUT2D eigenvalue weighted by molar-refractivity contribution is 0.627. The van der Waals surface area contributed by atoms with Crippen LogP contribution in [0.2, 0.25) is 0 Å². The van der Waals surface area contributed by atoms with E-state index in [1.54, 1.807) is 6.07 Å². The molecule has 96 valence electrons. The number of benzene rings is 1. The van der Waals surface area contributed by atoms with Crippen LogP contribution in [0.4, 0.5) is 10.2 Å². The van der Waals surface area contributed by atoms with Gasteiger partial charge in [0, 0.05) is 23.0 Å². The molecule has 0 spiro atoms. The SMILES string of the molecule is CC(C)c1nc(-c2ccc(F)cc2Br)c(N)n1C. The van der Waals surface area contributed by atoms with Crippen molar-refractivity contribution < 1.29 is 4.39 Å². The van der Waals surface area contributed by atoms with E-state index in [2.05, 4.69) is 34.8 Å². The molecule has 0 saturated carbocycles. The summed E-state index contributed by atoms with van der Waals surface area (Å²) in [6.07, 6.45) is 0. The Morgan fingerprint density at radius 3 is 2.56 bits per heavy atom. The van der Waals surface area contributed by atoms with Gasteiger partial charge >= 0.3 is 0 Å². The molecule has 0 aliphatic heterocycles. The molecule has 2 N–H and O–H groups in total. The molecule has 0 fully saturated rings. The van der Waals surface area contributed by atoms with Crippen LogP contribution in [0.15, 0.2) is 22.7 Å². The van der Waals surface area contributed by atoms with Crippen molar-refractivity contribution in [3.63, 3.8) is 0 Å². The predicted octanol–water partition coefficient (Wildman–Crippen LogP) is 3.69. The maximum Gasteiger partial charge on any atom is 0.131 e. The van der Waals surface area contributed by atoms with Crippen LogP contribution in [0.3, 0.4) is 0 Å². The van der Waals surface area contributed by atoms with Gasteiger partial charge in [-0.25, -0.2) is 9.37 Å². The van der Waals surface area contributed by atoms with Crippen LogP contribution >= 0.6 is 15.9 Å². The van der Waals surface area contributed by atoms with Gasteiger partial charge in [-0.15, -0.1) is 0 Å². The third-order valence-corrected chi connectivity index (χ3v) is 3.53. The van der Waals surface area contributed by atoms with E-state index in [-0.39, 0.29) is 11.7 Å². The van der Waals surface area contributed by atoms with Gasteiger partial charge in [0.2, 0.25) is 0 Å². The van der Waals surface area contributed by atoms with Gasteiger partial charge in [-0.2, -0.15) is 0 Å². The number of rotatable bonds is 2. The highest BCUT2D eigenvalue weighted by Crippen LogP contribution is 2.33. The number of hydrogen-bond donors (Lipinski definition) is 1. The largest absolute Gasteiger partial charge is 0.383 e. The minimum Gasteiger partial charge on any atom is -0.383 e. The van der Waals surface area contributed by atoms with Crippen LogP contribution in [0.1, 0.15) is 25.6 Å². The summed E-state index contributed by atoms with van der Waals surface area (Å²) in [5, 5.41) is 0. The Kier molecular flexibility index (Phi) is 3.43. The molecule has 0 aliphatic rings. The molecule has 2 aromatic rings. The molecule has 2 rings (SSSR count). The fourth-order valence-electron chi connectivity index (χ4n) is 1.93. The number of imidazole rings is 1. The summed E-state index contributed by atoms with van der Waals surface area (Å²) in [5.74, 6) is 1.50. The van der Waals surface area contributed by atoms with Gasteiger partial charge in [-0.3, -0.25) is 0 Å². The zero-order chi connectivity index (χ0) is 13.4. The third-order valence-electron chi connectivity index (χ3n) is 2.88. The second-order valence-electron chi connectivity index (χ2n) is 4.54. The molecule has 0 aliphatic carbocycles. The van der Waals surface area contributed by atoms with Crippen molar-refractivity contribution in [3.05, 3.63) is 34.3 Å². The molecule has 1 aromatic heterocycles. The van der Waals surface area contributed by atoms with E-state index in [4.69, 9.17) is 5.73 Å². The quantitative estimate of drug-likeness (QED) is 0.919. The Hall–Kier alpha value is -1.36. The standard InChI is InChI=1S/C13H15BrFN3/c1-7(2)13-17-11(12(16)18(13)3)9-5-4-8(15)6-10(9)14/h4-7H,16H2,1-3H3. The van der Waals surface area contributed by atoms with E-state index in [9.17, 15) is 4.39 Å². The first-order valence-corrected chi connectivity index (χ1v) is 6.48. The van der Waals surface area contributed by atoms with Gasteiger partial charge in [-0.1, -0.05) is 13.8 Å². The zero-order valence-electron chi connectivity index (χ0n) is 10.5. The Morgan fingerprint density at radius 1 is 1.39 bits per heavy atom. The summed E-state index contributed by atoms with van der Waals surface area (Å²) in [6, 6.07) is 4.50. The number of aromatic nitrogens is 2. The van der Waals surface area contributed by atoms with Gasteiger partial charge in [0.15, 0.2) is 0 Å². The monoisotopic (exact) mass is 311 g/mol. The molecule has 0 amide bonds. The molecule has 1 heterocycles. The number of hydrogen-bond acceptors (Lipinski definition) is 2. The van der Waals surface area contributed by atoms with Gasteiger partial charge in [0.05, 0.1) is 0 Å². The summed E-state index contributed by atoms with van der Waals surface area (Å²) in [7, 11) is 1.89. The van der Waals surface area contributed by atoms with Gasteiger partial charge < -0.3 is 10.3 Å². The summed E-state index contributed by atoms with van der Waals surface area (Å²) in [5.41, 5.74) is 7.56. The van der Waals surface area contributed by atoms with E-state index < -0.39 is 0 Å². The minimum atomic E-state index is -0.288. The number of nitrogens with zero attached hydrogens (tertiary/aromatic N) is 2. The molecule has 0 radical (unpaired) electrons. The second-order valence-corrected chi connectivity index (χ2v) is 5.40. The lowest BCUT2D eigenvalue weighted by Gasteiger charge is -2.04. The Balaban J connectivity index is 2.61. The average Bonchev–Trinajstić information content (AvgIpc) is 2.57. The van der Waals surface area contributed by atoms with E-state index in [0.29, 0.717) is 16.0 Å². The lowest BCUT2D eigenvalue weighted by Crippen LogP contribution is -2.02. The summed E-state index contributed by atoms with van der Waals surface area (Å²) >= 11 is 3.34. The maximum atomic E-state index is 13.1. The van der Waals surface area contributed by atoms with Crippen molar-refractivity contribution in [3.8, 4) is 11.3 Å². The molecule has 5 heteroatoms. The molecule has 3 nitrogen and oxygen atoms in total. The van der Waals surface area contributed by atoms with Crippen LogP contribution in [0.5, 0.6) is 0 Å². The Morgan fingerprint density at radius 2 is 2.06 bits per heavy atom. The molecular weight excluding hydrogens is 297 g/mol. The Labute approximate surface area is 114 Å². The summed E-state index contributed by atoms with van der Waals surface area (Å²) < 4.78 is 15.6. The first kappa shape index (κ1) is 13.1. The van der Waals surface area contributed by atoms with Crippen molar-refractivity contribution in [2.24, 2.45) is 7.05 Å². The third kappa shape index (κ3) is 2.14.